The van der Waals surface area contributed by atoms with Gasteiger partial charge in [0, 0.05) is 44.3 Å². The molecular formula is C20H31N3O2. The number of benzene rings is 1. The number of ether oxygens (including phenoxy) is 1. The summed E-state index contributed by atoms with van der Waals surface area (Å²) in [6, 6.07) is 8.76. The first kappa shape index (κ1) is 18.1. The van der Waals surface area contributed by atoms with Crippen LogP contribution < -0.4 is 10.1 Å². The molecule has 1 aromatic rings. The smallest absolute Gasteiger partial charge is 0.317 e. The molecule has 2 fully saturated rings. The fraction of sp³-hybridized carbons (Fsp3) is 0.650. The summed E-state index contributed by atoms with van der Waals surface area (Å²) in [7, 11) is 0. The third-order valence-electron chi connectivity index (χ3n) is 5.26. The molecule has 1 saturated carbocycles. The molecule has 2 aliphatic rings. The van der Waals surface area contributed by atoms with Crippen molar-refractivity contribution in [3.8, 4) is 5.75 Å². The molecule has 0 radical (unpaired) electrons. The number of hydrogen-bond donors (Lipinski definition) is 1. The average molecular weight is 345 g/mol. The molecule has 5 nitrogen and oxygen atoms in total. The highest BCUT2D eigenvalue weighted by molar-refractivity contribution is 5.74. The van der Waals surface area contributed by atoms with Crippen LogP contribution in [0.4, 0.5) is 4.79 Å². The number of carbonyl (C=O) groups excluding carboxylic acids is 1. The van der Waals surface area contributed by atoms with Crippen LogP contribution in [0.15, 0.2) is 24.3 Å². The Morgan fingerprint density at radius 2 is 1.84 bits per heavy atom. The molecule has 5 heteroatoms. The first-order chi connectivity index (χ1) is 12.3. The second-order valence-electron chi connectivity index (χ2n) is 7.09. The molecule has 1 aromatic carbocycles. The lowest BCUT2D eigenvalue weighted by Crippen LogP contribution is -2.53. The van der Waals surface area contributed by atoms with Gasteiger partial charge in [0.05, 0.1) is 6.61 Å². The number of para-hydroxylation sites is 1. The van der Waals surface area contributed by atoms with E-state index < -0.39 is 0 Å². The second-order valence-corrected chi connectivity index (χ2v) is 7.09. The van der Waals surface area contributed by atoms with Gasteiger partial charge in [0.25, 0.3) is 0 Å². The quantitative estimate of drug-likeness (QED) is 0.891. The predicted molar refractivity (Wildman–Crippen MR) is 99.9 cm³/mol. The largest absolute Gasteiger partial charge is 0.494 e. The Balaban J connectivity index is 1.46. The molecule has 1 heterocycles. The van der Waals surface area contributed by atoms with Gasteiger partial charge in [-0.2, -0.15) is 0 Å². The second kappa shape index (κ2) is 9.09. The van der Waals surface area contributed by atoms with Crippen LogP contribution in [-0.4, -0.2) is 54.7 Å². The number of nitrogens with zero attached hydrogens (tertiary/aromatic N) is 2. The molecule has 0 spiro atoms. The van der Waals surface area contributed by atoms with Gasteiger partial charge in [-0.1, -0.05) is 37.5 Å². The van der Waals surface area contributed by atoms with Crippen molar-refractivity contribution < 1.29 is 9.53 Å². The van der Waals surface area contributed by atoms with E-state index in [-0.39, 0.29) is 6.03 Å². The molecule has 1 aliphatic heterocycles. The van der Waals surface area contributed by atoms with Crippen LogP contribution in [0.3, 0.4) is 0 Å². The van der Waals surface area contributed by atoms with Crippen molar-refractivity contribution in [2.45, 2.75) is 51.6 Å². The van der Waals surface area contributed by atoms with Crippen LogP contribution in [0.2, 0.25) is 0 Å². The standard InChI is InChI=1S/C20H31N3O2/c1-2-25-19-11-7-6-8-17(19)16-22-12-14-23(15-13-22)20(24)21-18-9-4-3-5-10-18/h6-8,11,18H,2-5,9-10,12-16H2,1H3,(H,21,24). The van der Waals surface area contributed by atoms with Crippen LogP contribution in [-0.2, 0) is 6.54 Å². The van der Waals surface area contributed by atoms with Gasteiger partial charge in [0.15, 0.2) is 0 Å². The van der Waals surface area contributed by atoms with Crippen LogP contribution in [0.5, 0.6) is 5.75 Å². The van der Waals surface area contributed by atoms with E-state index in [1.807, 2.05) is 24.0 Å². The van der Waals surface area contributed by atoms with Crippen molar-refractivity contribution in [2.24, 2.45) is 0 Å². The highest BCUT2D eigenvalue weighted by atomic mass is 16.5. The first-order valence-electron chi connectivity index (χ1n) is 9.74. The van der Waals surface area contributed by atoms with Crippen LogP contribution in [0.1, 0.15) is 44.6 Å². The van der Waals surface area contributed by atoms with E-state index in [0.717, 1.165) is 51.3 Å². The van der Waals surface area contributed by atoms with Gasteiger partial charge in [-0.3, -0.25) is 4.90 Å². The third-order valence-corrected chi connectivity index (χ3v) is 5.26. The Morgan fingerprint density at radius 3 is 2.56 bits per heavy atom. The van der Waals surface area contributed by atoms with E-state index in [1.165, 1.54) is 24.8 Å². The van der Waals surface area contributed by atoms with Crippen molar-refractivity contribution in [1.29, 1.82) is 0 Å². The number of hydrogen-bond acceptors (Lipinski definition) is 3. The van der Waals surface area contributed by atoms with Gasteiger partial charge in [-0.05, 0) is 25.8 Å². The lowest BCUT2D eigenvalue weighted by atomic mass is 9.96. The van der Waals surface area contributed by atoms with Gasteiger partial charge in [0.2, 0.25) is 0 Å². The van der Waals surface area contributed by atoms with E-state index in [4.69, 9.17) is 4.74 Å². The number of urea groups is 1. The number of nitrogens with one attached hydrogen (secondary N) is 1. The minimum atomic E-state index is 0.126. The highest BCUT2D eigenvalue weighted by Gasteiger charge is 2.24. The lowest BCUT2D eigenvalue weighted by molar-refractivity contribution is 0.131. The zero-order valence-electron chi connectivity index (χ0n) is 15.4. The minimum absolute atomic E-state index is 0.126. The molecule has 25 heavy (non-hydrogen) atoms. The average Bonchev–Trinajstić information content (AvgIpc) is 2.65. The van der Waals surface area contributed by atoms with Gasteiger partial charge in [0.1, 0.15) is 5.75 Å². The molecule has 1 N–H and O–H groups in total. The van der Waals surface area contributed by atoms with Crippen molar-refractivity contribution in [1.82, 2.24) is 15.1 Å². The fourth-order valence-electron chi connectivity index (χ4n) is 3.79. The third kappa shape index (κ3) is 5.11. The molecular weight excluding hydrogens is 314 g/mol. The SMILES string of the molecule is CCOc1ccccc1CN1CCN(C(=O)NC2CCCCC2)CC1. The van der Waals surface area contributed by atoms with Gasteiger partial charge in [-0.25, -0.2) is 4.79 Å². The molecule has 0 atom stereocenters. The molecule has 0 unspecified atom stereocenters. The topological polar surface area (TPSA) is 44.8 Å². The lowest BCUT2D eigenvalue weighted by Gasteiger charge is -2.36. The van der Waals surface area contributed by atoms with Crippen LogP contribution in [0.25, 0.3) is 0 Å². The van der Waals surface area contributed by atoms with Crippen molar-refractivity contribution >= 4 is 6.03 Å². The normalized spacial score (nSPS) is 19.6. The van der Waals surface area contributed by atoms with Gasteiger partial charge < -0.3 is 15.0 Å². The Hall–Kier alpha value is -1.75. The van der Waals surface area contributed by atoms with Crippen molar-refractivity contribution in [2.75, 3.05) is 32.8 Å². The monoisotopic (exact) mass is 345 g/mol. The number of piperazine rings is 1. The maximum atomic E-state index is 12.4. The summed E-state index contributed by atoms with van der Waals surface area (Å²) in [6.45, 7) is 7.02. The zero-order valence-corrected chi connectivity index (χ0v) is 15.4. The molecule has 138 valence electrons. The summed E-state index contributed by atoms with van der Waals surface area (Å²) in [6.07, 6.45) is 6.09. The number of amides is 2. The fourth-order valence-corrected chi connectivity index (χ4v) is 3.79. The summed E-state index contributed by atoms with van der Waals surface area (Å²) < 4.78 is 5.72. The van der Waals surface area contributed by atoms with Crippen LogP contribution in [0, 0.1) is 0 Å². The molecule has 0 aromatic heterocycles. The van der Waals surface area contributed by atoms with Crippen LogP contribution >= 0.6 is 0 Å². The maximum absolute atomic E-state index is 12.4. The van der Waals surface area contributed by atoms with E-state index in [9.17, 15) is 4.79 Å². The Kier molecular flexibility index (Phi) is 6.56. The van der Waals surface area contributed by atoms with Gasteiger partial charge >= 0.3 is 6.03 Å². The Bertz CT molecular complexity index is 550. The Morgan fingerprint density at radius 1 is 1.12 bits per heavy atom. The van der Waals surface area contributed by atoms with E-state index in [2.05, 4.69) is 22.3 Å². The summed E-state index contributed by atoms with van der Waals surface area (Å²) in [5.41, 5.74) is 1.23. The summed E-state index contributed by atoms with van der Waals surface area (Å²) >= 11 is 0. The summed E-state index contributed by atoms with van der Waals surface area (Å²) in [4.78, 5) is 16.8. The minimum Gasteiger partial charge on any atom is -0.494 e. The highest BCUT2D eigenvalue weighted by Crippen LogP contribution is 2.21. The number of rotatable bonds is 5. The first-order valence-corrected chi connectivity index (χ1v) is 9.74. The van der Waals surface area contributed by atoms with E-state index in [0.29, 0.717) is 12.6 Å². The molecule has 1 saturated heterocycles. The summed E-state index contributed by atoms with van der Waals surface area (Å²) in [5.74, 6) is 0.975. The summed E-state index contributed by atoms with van der Waals surface area (Å²) in [5, 5.41) is 3.23. The maximum Gasteiger partial charge on any atom is 0.317 e. The zero-order chi connectivity index (χ0) is 17.5. The van der Waals surface area contributed by atoms with Crippen molar-refractivity contribution in [3.63, 3.8) is 0 Å². The molecule has 2 amide bonds. The van der Waals surface area contributed by atoms with E-state index >= 15 is 0 Å². The number of carbonyl (C=O) groups is 1. The predicted octanol–water partition coefficient (Wildman–Crippen LogP) is 3.25. The Labute approximate surface area is 151 Å². The molecule has 0 bridgehead atoms. The van der Waals surface area contributed by atoms with Crippen molar-refractivity contribution in [3.05, 3.63) is 29.8 Å². The van der Waals surface area contributed by atoms with E-state index in [1.54, 1.807) is 0 Å². The molecule has 3 rings (SSSR count). The van der Waals surface area contributed by atoms with Gasteiger partial charge in [-0.15, -0.1) is 0 Å². The molecule has 1 aliphatic carbocycles.